The van der Waals surface area contributed by atoms with E-state index in [0.717, 1.165) is 12.8 Å². The lowest BCUT2D eigenvalue weighted by Gasteiger charge is -2.23. The summed E-state index contributed by atoms with van der Waals surface area (Å²) in [6, 6.07) is 0. The maximum absolute atomic E-state index is 12.0. The van der Waals surface area contributed by atoms with E-state index < -0.39 is 0 Å². The van der Waals surface area contributed by atoms with Gasteiger partial charge in [0.1, 0.15) is 0 Å². The van der Waals surface area contributed by atoms with Crippen molar-refractivity contribution in [2.24, 2.45) is 17.6 Å². The van der Waals surface area contributed by atoms with Crippen LogP contribution in [0.3, 0.4) is 0 Å². The lowest BCUT2D eigenvalue weighted by atomic mass is 9.88. The van der Waals surface area contributed by atoms with Crippen LogP contribution in [0.5, 0.6) is 0 Å². The number of aliphatic hydroxyl groups excluding tert-OH is 1. The van der Waals surface area contributed by atoms with Gasteiger partial charge in [0.25, 0.3) is 0 Å². The Morgan fingerprint density at radius 2 is 2.11 bits per heavy atom. The quantitative estimate of drug-likeness (QED) is 0.581. The summed E-state index contributed by atoms with van der Waals surface area (Å²) >= 11 is 0. The van der Waals surface area contributed by atoms with Crippen molar-refractivity contribution >= 4 is 5.91 Å². The van der Waals surface area contributed by atoms with Gasteiger partial charge in [-0.25, -0.2) is 0 Å². The first-order valence-electron chi connectivity index (χ1n) is 6.76. The van der Waals surface area contributed by atoms with E-state index in [1.807, 2.05) is 0 Å². The van der Waals surface area contributed by atoms with Gasteiger partial charge in [-0.15, -0.1) is 6.58 Å². The first kappa shape index (κ1) is 17.1. The molecule has 0 bridgehead atoms. The molecule has 4 heteroatoms. The van der Waals surface area contributed by atoms with E-state index in [-0.39, 0.29) is 12.5 Å². The number of aliphatic hydroxyl groups is 1. The summed E-state index contributed by atoms with van der Waals surface area (Å²) in [5.74, 6) is 1.14. The van der Waals surface area contributed by atoms with Crippen molar-refractivity contribution in [2.75, 3.05) is 26.2 Å². The van der Waals surface area contributed by atoms with Gasteiger partial charge >= 0.3 is 0 Å². The van der Waals surface area contributed by atoms with E-state index in [1.165, 1.54) is 0 Å². The normalized spacial score (nSPS) is 12.5. The minimum Gasteiger partial charge on any atom is -0.395 e. The van der Waals surface area contributed by atoms with Gasteiger partial charge in [0.05, 0.1) is 6.61 Å². The van der Waals surface area contributed by atoms with Crippen LogP contribution >= 0.6 is 0 Å². The molecule has 0 aliphatic rings. The molecule has 0 radical (unpaired) electrons. The highest BCUT2D eigenvalue weighted by atomic mass is 16.3. The largest absolute Gasteiger partial charge is 0.395 e. The summed E-state index contributed by atoms with van der Waals surface area (Å²) < 4.78 is 0. The summed E-state index contributed by atoms with van der Waals surface area (Å²) in [7, 11) is 0. The molecular weight excluding hydrogens is 228 g/mol. The fourth-order valence-electron chi connectivity index (χ4n) is 2.09. The molecule has 3 N–H and O–H groups in total. The Morgan fingerprint density at radius 3 is 2.56 bits per heavy atom. The van der Waals surface area contributed by atoms with Gasteiger partial charge in [0.2, 0.25) is 5.91 Å². The minimum atomic E-state index is -0.00398. The number of amides is 1. The van der Waals surface area contributed by atoms with Crippen LogP contribution in [-0.2, 0) is 4.79 Å². The van der Waals surface area contributed by atoms with Crippen molar-refractivity contribution < 1.29 is 9.90 Å². The van der Waals surface area contributed by atoms with E-state index in [4.69, 9.17) is 10.8 Å². The second-order valence-corrected chi connectivity index (χ2v) is 4.97. The van der Waals surface area contributed by atoms with Crippen LogP contribution in [0.15, 0.2) is 12.7 Å². The molecule has 0 spiro atoms. The van der Waals surface area contributed by atoms with Gasteiger partial charge in [0.15, 0.2) is 0 Å². The van der Waals surface area contributed by atoms with Crippen molar-refractivity contribution in [1.29, 1.82) is 0 Å². The highest BCUT2D eigenvalue weighted by molar-refractivity contribution is 5.76. The van der Waals surface area contributed by atoms with E-state index in [2.05, 4.69) is 20.4 Å². The van der Waals surface area contributed by atoms with E-state index in [0.29, 0.717) is 37.9 Å². The molecule has 0 saturated heterocycles. The topological polar surface area (TPSA) is 66.6 Å². The molecule has 0 aliphatic carbocycles. The van der Waals surface area contributed by atoms with E-state index in [1.54, 1.807) is 11.0 Å². The standard InChI is InChI=1S/C14H28N2O2/c1-4-9-16(10-11-17)14(18)6-5-13(7-8-15)12(2)3/h4,12-13,17H,1,5-11,15H2,2-3H3. The maximum Gasteiger partial charge on any atom is 0.222 e. The number of carbonyl (C=O) groups is 1. The van der Waals surface area contributed by atoms with Gasteiger partial charge < -0.3 is 15.7 Å². The molecule has 4 nitrogen and oxygen atoms in total. The molecule has 0 aromatic carbocycles. The van der Waals surface area contributed by atoms with Gasteiger partial charge in [-0.1, -0.05) is 19.9 Å². The van der Waals surface area contributed by atoms with Crippen molar-refractivity contribution in [3.63, 3.8) is 0 Å². The van der Waals surface area contributed by atoms with Crippen LogP contribution in [-0.4, -0.2) is 42.2 Å². The number of hydrogen-bond acceptors (Lipinski definition) is 3. The second kappa shape index (κ2) is 10.1. The fraction of sp³-hybridized carbons (Fsp3) is 0.786. The summed E-state index contributed by atoms with van der Waals surface area (Å²) in [5.41, 5.74) is 5.59. The molecule has 1 atom stereocenters. The van der Waals surface area contributed by atoms with E-state index >= 15 is 0 Å². The summed E-state index contributed by atoms with van der Waals surface area (Å²) in [6.45, 7) is 9.51. The number of nitrogens with two attached hydrogens (primary N) is 1. The zero-order valence-corrected chi connectivity index (χ0v) is 11.8. The van der Waals surface area contributed by atoms with Gasteiger partial charge in [-0.3, -0.25) is 4.79 Å². The predicted octanol–water partition coefficient (Wildman–Crippen LogP) is 1.39. The molecule has 0 aromatic heterocycles. The monoisotopic (exact) mass is 256 g/mol. The third kappa shape index (κ3) is 6.77. The lowest BCUT2D eigenvalue weighted by molar-refractivity contribution is -0.131. The van der Waals surface area contributed by atoms with E-state index in [9.17, 15) is 4.79 Å². The van der Waals surface area contributed by atoms with Crippen molar-refractivity contribution in [2.45, 2.75) is 33.1 Å². The molecule has 1 amide bonds. The van der Waals surface area contributed by atoms with Crippen LogP contribution in [0.4, 0.5) is 0 Å². The average molecular weight is 256 g/mol. The van der Waals surface area contributed by atoms with Gasteiger partial charge in [0, 0.05) is 19.5 Å². The minimum absolute atomic E-state index is 0.00398. The zero-order valence-electron chi connectivity index (χ0n) is 11.8. The summed E-state index contributed by atoms with van der Waals surface area (Å²) in [4.78, 5) is 13.6. The number of nitrogens with zero attached hydrogens (tertiary/aromatic N) is 1. The van der Waals surface area contributed by atoms with Gasteiger partial charge in [-0.05, 0) is 31.2 Å². The number of hydrogen-bond donors (Lipinski definition) is 2. The van der Waals surface area contributed by atoms with Crippen molar-refractivity contribution in [1.82, 2.24) is 4.90 Å². The first-order chi connectivity index (χ1) is 8.56. The van der Waals surface area contributed by atoms with Crippen LogP contribution in [0.25, 0.3) is 0 Å². The summed E-state index contributed by atoms with van der Waals surface area (Å²) in [5, 5.41) is 8.92. The Labute approximate surface area is 111 Å². The molecule has 0 saturated carbocycles. The van der Waals surface area contributed by atoms with Crippen LogP contribution in [0.1, 0.15) is 33.1 Å². The SMILES string of the molecule is C=CCN(CCO)C(=O)CCC(CCN)C(C)C. The Hall–Kier alpha value is -0.870. The zero-order chi connectivity index (χ0) is 14.0. The first-order valence-corrected chi connectivity index (χ1v) is 6.76. The highest BCUT2D eigenvalue weighted by Gasteiger charge is 2.17. The molecular formula is C14H28N2O2. The third-order valence-corrected chi connectivity index (χ3v) is 3.28. The Balaban J connectivity index is 4.21. The molecule has 0 rings (SSSR count). The van der Waals surface area contributed by atoms with Crippen molar-refractivity contribution in [3.8, 4) is 0 Å². The number of rotatable bonds is 10. The van der Waals surface area contributed by atoms with Crippen LogP contribution in [0, 0.1) is 11.8 Å². The number of carbonyl (C=O) groups excluding carboxylic acids is 1. The molecule has 106 valence electrons. The van der Waals surface area contributed by atoms with Gasteiger partial charge in [-0.2, -0.15) is 0 Å². The maximum atomic E-state index is 12.0. The molecule has 1 unspecified atom stereocenters. The summed E-state index contributed by atoms with van der Waals surface area (Å²) in [6.07, 6.45) is 4.04. The van der Waals surface area contributed by atoms with Crippen LogP contribution in [0.2, 0.25) is 0 Å². The van der Waals surface area contributed by atoms with Crippen molar-refractivity contribution in [3.05, 3.63) is 12.7 Å². The molecule has 0 fully saturated rings. The molecule has 18 heavy (non-hydrogen) atoms. The Kier molecular flexibility index (Phi) is 9.60. The molecule has 0 heterocycles. The molecule has 0 aromatic rings. The average Bonchev–Trinajstić information content (AvgIpc) is 2.33. The van der Waals surface area contributed by atoms with Crippen LogP contribution < -0.4 is 5.73 Å². The highest BCUT2D eigenvalue weighted by Crippen LogP contribution is 2.20. The predicted molar refractivity (Wildman–Crippen MR) is 75.1 cm³/mol. The third-order valence-electron chi connectivity index (χ3n) is 3.28. The Bertz CT molecular complexity index is 242. The molecule has 0 aliphatic heterocycles. The second-order valence-electron chi connectivity index (χ2n) is 4.97. The fourth-order valence-corrected chi connectivity index (χ4v) is 2.09. The lowest BCUT2D eigenvalue weighted by Crippen LogP contribution is -2.34. The Morgan fingerprint density at radius 1 is 1.44 bits per heavy atom. The smallest absolute Gasteiger partial charge is 0.222 e.